The molecule has 0 saturated carbocycles. The second-order valence-corrected chi connectivity index (χ2v) is 6.22. The number of hydrogen-bond donors (Lipinski definition) is 1. The maximum Gasteiger partial charge on any atom is 0.270 e. The number of para-hydroxylation sites is 3. The van der Waals surface area contributed by atoms with Crippen molar-refractivity contribution < 1.29 is 9.53 Å². The van der Waals surface area contributed by atoms with Crippen LogP contribution in [-0.2, 0) is 0 Å². The molecule has 0 bridgehead atoms. The first kappa shape index (κ1) is 15.6. The molecule has 0 radical (unpaired) electrons. The fourth-order valence-electron chi connectivity index (χ4n) is 3.40. The molecule has 0 atom stereocenters. The van der Waals surface area contributed by atoms with E-state index in [0.717, 1.165) is 35.4 Å². The summed E-state index contributed by atoms with van der Waals surface area (Å²) < 4.78 is 5.45. The Morgan fingerprint density at radius 1 is 1.00 bits per heavy atom. The van der Waals surface area contributed by atoms with Crippen molar-refractivity contribution in [3.05, 3.63) is 60.3 Å². The van der Waals surface area contributed by atoms with Gasteiger partial charge in [0.15, 0.2) is 0 Å². The summed E-state index contributed by atoms with van der Waals surface area (Å²) in [7, 11) is 1.69. The summed E-state index contributed by atoms with van der Waals surface area (Å²) in [6.45, 7) is 3.00. The zero-order valence-electron chi connectivity index (χ0n) is 14.2. The summed E-state index contributed by atoms with van der Waals surface area (Å²) in [6, 6.07) is 17.9. The molecule has 1 aromatic heterocycles. The van der Waals surface area contributed by atoms with E-state index in [-0.39, 0.29) is 5.91 Å². The zero-order valence-corrected chi connectivity index (χ0v) is 14.2. The third-order valence-electron chi connectivity index (χ3n) is 4.75. The average Bonchev–Trinajstić information content (AvgIpc) is 3.12. The SMILES string of the molecule is COc1ccccc1N1CCN(C(=O)c2cc3ccccc3[nH]2)CC1. The standard InChI is InChI=1S/C20H21N3O2/c1-25-19-9-5-4-8-18(19)22-10-12-23(13-11-22)20(24)17-14-15-6-2-3-7-16(15)21-17/h2-9,14,21H,10-13H2,1H3. The van der Waals surface area contributed by atoms with E-state index in [0.29, 0.717) is 18.8 Å². The highest BCUT2D eigenvalue weighted by Gasteiger charge is 2.24. The fourth-order valence-corrected chi connectivity index (χ4v) is 3.40. The quantitative estimate of drug-likeness (QED) is 0.800. The number of rotatable bonds is 3. The molecule has 25 heavy (non-hydrogen) atoms. The highest BCUT2D eigenvalue weighted by molar-refractivity contribution is 5.98. The largest absolute Gasteiger partial charge is 0.495 e. The van der Waals surface area contributed by atoms with Crippen LogP contribution in [0.25, 0.3) is 10.9 Å². The van der Waals surface area contributed by atoms with E-state index in [1.54, 1.807) is 7.11 Å². The Balaban J connectivity index is 1.47. The maximum atomic E-state index is 12.8. The molecule has 2 aromatic carbocycles. The summed E-state index contributed by atoms with van der Waals surface area (Å²) in [6.07, 6.45) is 0. The summed E-state index contributed by atoms with van der Waals surface area (Å²) in [4.78, 5) is 20.2. The van der Waals surface area contributed by atoms with E-state index in [1.165, 1.54) is 0 Å². The van der Waals surface area contributed by atoms with Crippen LogP contribution in [0.5, 0.6) is 5.75 Å². The first-order valence-corrected chi connectivity index (χ1v) is 8.51. The molecule has 0 unspecified atom stereocenters. The lowest BCUT2D eigenvalue weighted by atomic mass is 10.2. The summed E-state index contributed by atoms with van der Waals surface area (Å²) in [5, 5.41) is 1.07. The van der Waals surface area contributed by atoms with Crippen LogP contribution in [0.4, 0.5) is 5.69 Å². The van der Waals surface area contributed by atoms with Gasteiger partial charge >= 0.3 is 0 Å². The van der Waals surface area contributed by atoms with Crippen LogP contribution in [0.3, 0.4) is 0 Å². The van der Waals surface area contributed by atoms with Crippen molar-refractivity contribution in [3.8, 4) is 5.75 Å². The normalized spacial score (nSPS) is 14.8. The lowest BCUT2D eigenvalue weighted by Crippen LogP contribution is -2.49. The van der Waals surface area contributed by atoms with Crippen molar-refractivity contribution in [1.29, 1.82) is 0 Å². The van der Waals surface area contributed by atoms with Crippen LogP contribution in [0.2, 0.25) is 0 Å². The topological polar surface area (TPSA) is 48.6 Å². The molecule has 1 fully saturated rings. The van der Waals surface area contributed by atoms with Crippen molar-refractivity contribution in [1.82, 2.24) is 9.88 Å². The number of aromatic amines is 1. The molecular weight excluding hydrogens is 314 g/mol. The number of carbonyl (C=O) groups is 1. The molecule has 0 spiro atoms. The number of nitrogens with zero attached hydrogens (tertiary/aromatic N) is 2. The Bertz CT molecular complexity index is 862. The van der Waals surface area contributed by atoms with Gasteiger partial charge in [-0.1, -0.05) is 30.3 Å². The number of H-pyrrole nitrogens is 1. The number of amides is 1. The van der Waals surface area contributed by atoms with E-state index in [2.05, 4.69) is 16.0 Å². The molecule has 1 amide bonds. The van der Waals surface area contributed by atoms with Crippen LogP contribution in [0, 0.1) is 0 Å². The number of piperazine rings is 1. The molecule has 3 aromatic rings. The van der Waals surface area contributed by atoms with E-state index in [4.69, 9.17) is 4.74 Å². The fraction of sp³-hybridized carbons (Fsp3) is 0.250. The number of aromatic nitrogens is 1. The van der Waals surface area contributed by atoms with Gasteiger partial charge < -0.3 is 19.5 Å². The lowest BCUT2D eigenvalue weighted by molar-refractivity contribution is 0.0742. The minimum atomic E-state index is 0.0656. The summed E-state index contributed by atoms with van der Waals surface area (Å²) in [5.41, 5.74) is 2.74. The molecule has 1 N–H and O–H groups in total. The summed E-state index contributed by atoms with van der Waals surface area (Å²) in [5.74, 6) is 0.939. The Labute approximate surface area is 146 Å². The highest BCUT2D eigenvalue weighted by Crippen LogP contribution is 2.28. The van der Waals surface area contributed by atoms with Gasteiger partial charge in [0.2, 0.25) is 0 Å². The molecule has 4 rings (SSSR count). The molecule has 1 saturated heterocycles. The maximum absolute atomic E-state index is 12.8. The molecule has 128 valence electrons. The molecule has 5 heteroatoms. The number of benzene rings is 2. The number of fused-ring (bicyclic) bond motifs is 1. The van der Waals surface area contributed by atoms with Gasteiger partial charge in [-0.25, -0.2) is 0 Å². The minimum Gasteiger partial charge on any atom is -0.495 e. The predicted octanol–water partition coefficient (Wildman–Crippen LogP) is 3.14. The Morgan fingerprint density at radius 3 is 2.48 bits per heavy atom. The first-order chi connectivity index (χ1) is 12.3. The van der Waals surface area contributed by atoms with Gasteiger partial charge in [0.1, 0.15) is 11.4 Å². The smallest absolute Gasteiger partial charge is 0.270 e. The number of anilines is 1. The second kappa shape index (κ2) is 6.51. The first-order valence-electron chi connectivity index (χ1n) is 8.51. The molecule has 1 aliphatic heterocycles. The van der Waals surface area contributed by atoms with Crippen molar-refractivity contribution >= 4 is 22.5 Å². The van der Waals surface area contributed by atoms with E-state index < -0.39 is 0 Å². The van der Waals surface area contributed by atoms with Gasteiger partial charge in [-0.2, -0.15) is 0 Å². The van der Waals surface area contributed by atoms with Crippen LogP contribution >= 0.6 is 0 Å². The van der Waals surface area contributed by atoms with Gasteiger partial charge in [0, 0.05) is 37.1 Å². The minimum absolute atomic E-state index is 0.0656. The van der Waals surface area contributed by atoms with E-state index in [1.807, 2.05) is 53.4 Å². The van der Waals surface area contributed by atoms with E-state index >= 15 is 0 Å². The number of nitrogens with one attached hydrogen (secondary N) is 1. The number of carbonyl (C=O) groups excluding carboxylic acids is 1. The third-order valence-corrected chi connectivity index (χ3v) is 4.75. The number of methoxy groups -OCH3 is 1. The van der Waals surface area contributed by atoms with Gasteiger partial charge in [-0.05, 0) is 24.3 Å². The van der Waals surface area contributed by atoms with Crippen molar-refractivity contribution in [2.45, 2.75) is 0 Å². The molecule has 2 heterocycles. The monoisotopic (exact) mass is 335 g/mol. The van der Waals surface area contributed by atoms with Crippen LogP contribution in [0.1, 0.15) is 10.5 Å². The zero-order chi connectivity index (χ0) is 17.2. The van der Waals surface area contributed by atoms with Gasteiger partial charge in [0.05, 0.1) is 12.8 Å². The highest BCUT2D eigenvalue weighted by atomic mass is 16.5. The van der Waals surface area contributed by atoms with Crippen molar-refractivity contribution in [2.75, 3.05) is 38.2 Å². The third kappa shape index (κ3) is 2.93. The number of ether oxygens (including phenoxy) is 1. The summed E-state index contributed by atoms with van der Waals surface area (Å²) >= 11 is 0. The molecule has 0 aliphatic carbocycles. The lowest BCUT2D eigenvalue weighted by Gasteiger charge is -2.36. The number of hydrogen-bond acceptors (Lipinski definition) is 3. The van der Waals surface area contributed by atoms with Crippen LogP contribution < -0.4 is 9.64 Å². The Kier molecular flexibility index (Phi) is 4.06. The van der Waals surface area contributed by atoms with Gasteiger partial charge in [-0.15, -0.1) is 0 Å². The van der Waals surface area contributed by atoms with Gasteiger partial charge in [0.25, 0.3) is 5.91 Å². The molecular formula is C20H21N3O2. The second-order valence-electron chi connectivity index (χ2n) is 6.22. The van der Waals surface area contributed by atoms with Crippen molar-refractivity contribution in [2.24, 2.45) is 0 Å². The molecule has 5 nitrogen and oxygen atoms in total. The molecule has 1 aliphatic rings. The van der Waals surface area contributed by atoms with Crippen LogP contribution in [0.15, 0.2) is 54.6 Å². The van der Waals surface area contributed by atoms with E-state index in [9.17, 15) is 4.79 Å². The van der Waals surface area contributed by atoms with Gasteiger partial charge in [-0.3, -0.25) is 4.79 Å². The predicted molar refractivity (Wildman–Crippen MR) is 99.4 cm³/mol. The Morgan fingerprint density at radius 2 is 1.72 bits per heavy atom. The van der Waals surface area contributed by atoms with Crippen LogP contribution in [-0.4, -0.2) is 49.1 Å². The van der Waals surface area contributed by atoms with Crippen molar-refractivity contribution in [3.63, 3.8) is 0 Å². The average molecular weight is 335 g/mol. The Hall–Kier alpha value is -2.95.